The Bertz CT molecular complexity index is 928. The fourth-order valence-corrected chi connectivity index (χ4v) is 3.81. The molecule has 0 N–H and O–H groups in total. The lowest BCUT2D eigenvalue weighted by Crippen LogP contribution is -2.27. The molecule has 7 heteroatoms. The van der Waals surface area contributed by atoms with E-state index in [1.54, 1.807) is 30.3 Å². The van der Waals surface area contributed by atoms with Gasteiger partial charge in [0.25, 0.3) is 11.1 Å². The molecule has 0 aliphatic carbocycles. The molecule has 146 valence electrons. The number of hydrogen-bond donors (Lipinski definition) is 0. The zero-order valence-corrected chi connectivity index (χ0v) is 17.2. The average molecular weight is 418 g/mol. The number of ether oxygens (including phenoxy) is 2. The maximum atomic E-state index is 12.8. The van der Waals surface area contributed by atoms with Crippen molar-refractivity contribution in [2.75, 3.05) is 13.2 Å². The highest BCUT2D eigenvalue weighted by atomic mass is 35.5. The quantitative estimate of drug-likeness (QED) is 0.566. The summed E-state index contributed by atoms with van der Waals surface area (Å²) in [6, 6.07) is 12.5. The Morgan fingerprint density at radius 3 is 2.57 bits per heavy atom. The van der Waals surface area contributed by atoms with Crippen molar-refractivity contribution in [3.63, 3.8) is 0 Å². The van der Waals surface area contributed by atoms with Crippen molar-refractivity contribution < 1.29 is 19.1 Å². The summed E-state index contributed by atoms with van der Waals surface area (Å²) in [6.45, 7) is 5.00. The van der Waals surface area contributed by atoms with Crippen LogP contribution in [0.1, 0.15) is 25.0 Å². The van der Waals surface area contributed by atoms with Gasteiger partial charge < -0.3 is 9.47 Å². The second kappa shape index (κ2) is 9.17. The molecule has 1 aliphatic heterocycles. The predicted octanol–water partition coefficient (Wildman–Crippen LogP) is 5.37. The van der Waals surface area contributed by atoms with E-state index in [0.717, 1.165) is 22.9 Å². The summed E-state index contributed by atoms with van der Waals surface area (Å²) in [6.07, 6.45) is 1.68. The fourth-order valence-electron chi connectivity index (χ4n) is 2.77. The van der Waals surface area contributed by atoms with Crippen molar-refractivity contribution >= 4 is 40.6 Å². The van der Waals surface area contributed by atoms with Crippen LogP contribution in [-0.2, 0) is 11.3 Å². The van der Waals surface area contributed by atoms with Crippen LogP contribution < -0.4 is 9.47 Å². The lowest BCUT2D eigenvalue weighted by molar-refractivity contribution is -0.123. The highest BCUT2D eigenvalue weighted by molar-refractivity contribution is 8.18. The Hall–Kier alpha value is -2.44. The van der Waals surface area contributed by atoms with Crippen molar-refractivity contribution in [1.82, 2.24) is 4.90 Å². The molecule has 0 spiro atoms. The van der Waals surface area contributed by atoms with Gasteiger partial charge >= 0.3 is 0 Å². The molecule has 2 aromatic rings. The van der Waals surface area contributed by atoms with Crippen LogP contribution in [0, 0.1) is 0 Å². The molecule has 28 heavy (non-hydrogen) atoms. The molecule has 0 radical (unpaired) electrons. The average Bonchev–Trinajstić information content (AvgIpc) is 2.92. The van der Waals surface area contributed by atoms with Crippen molar-refractivity contribution in [2.45, 2.75) is 20.4 Å². The highest BCUT2D eigenvalue weighted by Gasteiger charge is 2.35. The summed E-state index contributed by atoms with van der Waals surface area (Å²) >= 11 is 6.91. The molecule has 0 aromatic heterocycles. The lowest BCUT2D eigenvalue weighted by atomic mass is 10.1. The van der Waals surface area contributed by atoms with Crippen molar-refractivity contribution in [3.8, 4) is 11.5 Å². The third-order valence-electron chi connectivity index (χ3n) is 3.99. The SMILES string of the molecule is CCOc1ccc(/C=C2\SC(=O)N(Cc3cccc(Cl)c3)C2=O)c(OCC)c1. The standard InChI is InChI=1S/C21H20ClNO4S/c1-3-26-17-9-8-15(18(12-17)27-4-2)11-19-20(24)23(21(25)28-19)13-14-6-5-7-16(22)10-14/h5-12H,3-4,13H2,1-2H3/b19-11-. The number of halogens is 1. The smallest absolute Gasteiger partial charge is 0.293 e. The molecule has 2 amide bonds. The lowest BCUT2D eigenvalue weighted by Gasteiger charge is -2.13. The van der Waals surface area contributed by atoms with Gasteiger partial charge in [-0.3, -0.25) is 14.5 Å². The van der Waals surface area contributed by atoms with Gasteiger partial charge in [-0.2, -0.15) is 0 Å². The van der Waals surface area contributed by atoms with Crippen molar-refractivity contribution in [3.05, 3.63) is 63.5 Å². The molecule has 5 nitrogen and oxygen atoms in total. The van der Waals surface area contributed by atoms with Crippen LogP contribution in [-0.4, -0.2) is 29.3 Å². The summed E-state index contributed by atoms with van der Waals surface area (Å²) in [5, 5.41) is 0.260. The molecule has 1 heterocycles. The van der Waals surface area contributed by atoms with Crippen LogP contribution in [0.4, 0.5) is 4.79 Å². The first-order chi connectivity index (χ1) is 13.5. The number of amides is 2. The van der Waals surface area contributed by atoms with Gasteiger partial charge in [-0.05, 0) is 61.5 Å². The van der Waals surface area contributed by atoms with Crippen molar-refractivity contribution in [1.29, 1.82) is 0 Å². The Kier molecular flexibility index (Phi) is 6.65. The Balaban J connectivity index is 1.85. The molecular formula is C21H20ClNO4S. The van der Waals surface area contributed by atoms with E-state index < -0.39 is 0 Å². The summed E-state index contributed by atoms with van der Waals surface area (Å²) in [4.78, 5) is 26.7. The van der Waals surface area contributed by atoms with E-state index in [-0.39, 0.29) is 17.7 Å². The van der Waals surface area contributed by atoms with Gasteiger partial charge in [0.1, 0.15) is 11.5 Å². The molecule has 3 rings (SSSR count). The van der Waals surface area contributed by atoms with Crippen LogP contribution in [0.25, 0.3) is 6.08 Å². The number of hydrogen-bond acceptors (Lipinski definition) is 5. The summed E-state index contributed by atoms with van der Waals surface area (Å²) in [5.74, 6) is 0.971. The zero-order valence-electron chi connectivity index (χ0n) is 15.6. The van der Waals surface area contributed by atoms with E-state index in [9.17, 15) is 9.59 Å². The van der Waals surface area contributed by atoms with E-state index in [4.69, 9.17) is 21.1 Å². The molecular weight excluding hydrogens is 398 g/mol. The Labute approximate surface area is 173 Å². The third kappa shape index (κ3) is 4.69. The molecule has 1 saturated heterocycles. The number of imide groups is 1. The number of benzene rings is 2. The largest absolute Gasteiger partial charge is 0.494 e. The monoisotopic (exact) mass is 417 g/mol. The Morgan fingerprint density at radius 2 is 1.86 bits per heavy atom. The molecule has 1 aliphatic rings. The predicted molar refractivity (Wildman–Crippen MR) is 112 cm³/mol. The topological polar surface area (TPSA) is 55.8 Å². The second-order valence-corrected chi connectivity index (χ2v) is 7.39. The van der Waals surface area contributed by atoms with Crippen LogP contribution in [0.3, 0.4) is 0 Å². The van der Waals surface area contributed by atoms with Gasteiger partial charge in [0.2, 0.25) is 0 Å². The van der Waals surface area contributed by atoms with E-state index in [1.807, 2.05) is 32.0 Å². The van der Waals surface area contributed by atoms with Gasteiger partial charge in [0.05, 0.1) is 24.7 Å². The minimum atomic E-state index is -0.327. The van der Waals surface area contributed by atoms with Crippen LogP contribution in [0.5, 0.6) is 11.5 Å². The first kappa shape index (κ1) is 20.3. The van der Waals surface area contributed by atoms with E-state index >= 15 is 0 Å². The van der Waals surface area contributed by atoms with Gasteiger partial charge in [0, 0.05) is 16.7 Å². The number of nitrogens with zero attached hydrogens (tertiary/aromatic N) is 1. The number of carbonyl (C=O) groups excluding carboxylic acids is 2. The first-order valence-corrected chi connectivity index (χ1v) is 10.1. The van der Waals surface area contributed by atoms with E-state index in [1.165, 1.54) is 4.90 Å². The summed E-state index contributed by atoms with van der Waals surface area (Å²) in [7, 11) is 0. The Morgan fingerprint density at radius 1 is 1.07 bits per heavy atom. The van der Waals surface area contributed by atoms with E-state index in [2.05, 4.69) is 0 Å². The molecule has 0 atom stereocenters. The first-order valence-electron chi connectivity index (χ1n) is 8.91. The minimum Gasteiger partial charge on any atom is -0.494 e. The van der Waals surface area contributed by atoms with Crippen LogP contribution >= 0.6 is 23.4 Å². The van der Waals surface area contributed by atoms with Gasteiger partial charge in [-0.25, -0.2) is 0 Å². The van der Waals surface area contributed by atoms with Gasteiger partial charge in [-0.15, -0.1) is 0 Å². The van der Waals surface area contributed by atoms with Crippen LogP contribution in [0.15, 0.2) is 47.4 Å². The zero-order chi connectivity index (χ0) is 20.1. The minimum absolute atomic E-state index is 0.185. The molecule has 1 fully saturated rings. The number of thioether (sulfide) groups is 1. The third-order valence-corrected chi connectivity index (χ3v) is 5.13. The molecule has 0 unspecified atom stereocenters. The summed E-state index contributed by atoms with van der Waals surface area (Å²) in [5.41, 5.74) is 1.52. The van der Waals surface area contributed by atoms with Crippen molar-refractivity contribution in [2.24, 2.45) is 0 Å². The summed E-state index contributed by atoms with van der Waals surface area (Å²) < 4.78 is 11.2. The highest BCUT2D eigenvalue weighted by Crippen LogP contribution is 2.36. The molecule has 0 saturated carbocycles. The maximum Gasteiger partial charge on any atom is 0.293 e. The number of rotatable bonds is 7. The van der Waals surface area contributed by atoms with Crippen LogP contribution in [0.2, 0.25) is 5.02 Å². The second-order valence-electron chi connectivity index (χ2n) is 5.96. The normalized spacial score (nSPS) is 15.4. The van der Waals surface area contributed by atoms with Gasteiger partial charge in [-0.1, -0.05) is 23.7 Å². The molecule has 2 aromatic carbocycles. The fraction of sp³-hybridized carbons (Fsp3) is 0.238. The van der Waals surface area contributed by atoms with E-state index in [0.29, 0.717) is 34.6 Å². The molecule has 0 bridgehead atoms. The number of carbonyl (C=O) groups is 2. The maximum absolute atomic E-state index is 12.8. The van der Waals surface area contributed by atoms with Gasteiger partial charge in [0.15, 0.2) is 0 Å².